The van der Waals surface area contributed by atoms with Gasteiger partial charge in [-0.25, -0.2) is 4.39 Å². The minimum absolute atomic E-state index is 0.0242. The Morgan fingerprint density at radius 1 is 1.36 bits per heavy atom. The van der Waals surface area contributed by atoms with E-state index in [4.69, 9.17) is 4.52 Å². The van der Waals surface area contributed by atoms with E-state index in [1.54, 1.807) is 11.0 Å². The molecule has 7 nitrogen and oxygen atoms in total. The summed E-state index contributed by atoms with van der Waals surface area (Å²) in [5.41, 5.74) is 1.39. The standard InChI is InChI=1S/C20H27FN4O3/c1-13(2)25(20(26)14(3)22-27)11-10-24-8-6-15(7-9-24)19-17-5-4-16(21)12-18(17)28-23-19/h4-5,12-15H,6-11H2,1-3H3. The fraction of sp³-hybridized carbons (Fsp3) is 0.600. The summed E-state index contributed by atoms with van der Waals surface area (Å²) >= 11 is 0. The van der Waals surface area contributed by atoms with Crippen molar-refractivity contribution >= 4 is 16.9 Å². The van der Waals surface area contributed by atoms with E-state index in [0.717, 1.165) is 43.6 Å². The number of carbonyl (C=O) groups excluding carboxylic acids is 1. The molecule has 3 rings (SSSR count). The zero-order valence-corrected chi connectivity index (χ0v) is 16.6. The zero-order chi connectivity index (χ0) is 20.3. The number of nitrogens with zero attached hydrogens (tertiary/aromatic N) is 4. The molecular formula is C20H27FN4O3. The highest BCUT2D eigenvalue weighted by Crippen LogP contribution is 2.32. The summed E-state index contributed by atoms with van der Waals surface area (Å²) in [7, 11) is 0. The Hall–Kier alpha value is -2.35. The molecule has 1 amide bonds. The summed E-state index contributed by atoms with van der Waals surface area (Å²) in [4.78, 5) is 27.0. The van der Waals surface area contributed by atoms with Crippen molar-refractivity contribution in [3.8, 4) is 0 Å². The Labute approximate surface area is 163 Å². The van der Waals surface area contributed by atoms with Crippen LogP contribution in [0.3, 0.4) is 0 Å². The fourth-order valence-corrected chi connectivity index (χ4v) is 3.81. The molecule has 28 heavy (non-hydrogen) atoms. The first-order chi connectivity index (χ1) is 13.4. The van der Waals surface area contributed by atoms with E-state index in [0.29, 0.717) is 12.1 Å². The summed E-state index contributed by atoms with van der Waals surface area (Å²) < 4.78 is 18.6. The molecule has 1 unspecified atom stereocenters. The van der Waals surface area contributed by atoms with E-state index in [2.05, 4.69) is 15.2 Å². The molecule has 1 saturated heterocycles. The summed E-state index contributed by atoms with van der Waals surface area (Å²) in [6, 6.07) is 3.71. The predicted octanol–water partition coefficient (Wildman–Crippen LogP) is 3.54. The lowest BCUT2D eigenvalue weighted by atomic mass is 9.91. The van der Waals surface area contributed by atoms with Crippen LogP contribution in [0, 0.1) is 10.7 Å². The Morgan fingerprint density at radius 3 is 2.71 bits per heavy atom. The molecule has 1 aromatic heterocycles. The molecule has 0 radical (unpaired) electrons. The SMILES string of the molecule is CC(N=O)C(=O)N(CCN1CCC(c2noc3cc(F)ccc23)CC1)C(C)C. The Kier molecular flexibility index (Phi) is 6.39. The van der Waals surface area contributed by atoms with Crippen molar-refractivity contribution in [1.82, 2.24) is 15.0 Å². The van der Waals surface area contributed by atoms with Gasteiger partial charge >= 0.3 is 0 Å². The van der Waals surface area contributed by atoms with Crippen molar-refractivity contribution in [3.63, 3.8) is 0 Å². The number of halogens is 1. The number of hydrogen-bond donors (Lipinski definition) is 0. The molecule has 0 aliphatic carbocycles. The van der Waals surface area contributed by atoms with Gasteiger partial charge in [-0.1, -0.05) is 10.3 Å². The molecule has 152 valence electrons. The second-order valence-electron chi connectivity index (χ2n) is 7.73. The highest BCUT2D eigenvalue weighted by molar-refractivity contribution is 5.82. The fourth-order valence-electron chi connectivity index (χ4n) is 3.81. The van der Waals surface area contributed by atoms with Crippen LogP contribution < -0.4 is 0 Å². The maximum absolute atomic E-state index is 13.3. The van der Waals surface area contributed by atoms with Crippen LogP contribution >= 0.6 is 0 Å². The van der Waals surface area contributed by atoms with Crippen LogP contribution in [0.25, 0.3) is 11.0 Å². The van der Waals surface area contributed by atoms with Crippen molar-refractivity contribution in [2.45, 2.75) is 51.6 Å². The van der Waals surface area contributed by atoms with E-state index in [1.807, 2.05) is 13.8 Å². The van der Waals surface area contributed by atoms with Crippen molar-refractivity contribution in [2.75, 3.05) is 26.2 Å². The normalized spacial score (nSPS) is 17.2. The molecular weight excluding hydrogens is 363 g/mol. The monoisotopic (exact) mass is 390 g/mol. The van der Waals surface area contributed by atoms with Crippen LogP contribution in [-0.4, -0.2) is 59.1 Å². The Balaban J connectivity index is 1.56. The number of carbonyl (C=O) groups is 1. The number of amides is 1. The number of fused-ring (bicyclic) bond motifs is 1. The lowest BCUT2D eigenvalue weighted by Gasteiger charge is -2.34. The first-order valence-electron chi connectivity index (χ1n) is 9.80. The van der Waals surface area contributed by atoms with Crippen LogP contribution in [-0.2, 0) is 4.79 Å². The molecule has 1 fully saturated rings. The molecule has 0 bridgehead atoms. The first-order valence-corrected chi connectivity index (χ1v) is 9.80. The molecule has 0 spiro atoms. The first kappa shape index (κ1) is 20.4. The van der Waals surface area contributed by atoms with E-state index in [-0.39, 0.29) is 23.7 Å². The highest BCUT2D eigenvalue weighted by Gasteiger charge is 2.27. The summed E-state index contributed by atoms with van der Waals surface area (Å²) in [6.45, 7) is 8.54. The van der Waals surface area contributed by atoms with Gasteiger partial charge < -0.3 is 14.3 Å². The molecule has 1 atom stereocenters. The van der Waals surface area contributed by atoms with Gasteiger partial charge in [-0.05, 0) is 58.8 Å². The topological polar surface area (TPSA) is 79.0 Å². The van der Waals surface area contributed by atoms with Gasteiger partial charge in [0, 0.05) is 36.5 Å². The van der Waals surface area contributed by atoms with Gasteiger partial charge in [0.15, 0.2) is 11.6 Å². The maximum Gasteiger partial charge on any atom is 0.251 e. The number of hydrogen-bond acceptors (Lipinski definition) is 6. The van der Waals surface area contributed by atoms with Gasteiger partial charge in [-0.2, -0.15) is 0 Å². The minimum Gasteiger partial charge on any atom is -0.356 e. The third-order valence-electron chi connectivity index (χ3n) is 5.52. The van der Waals surface area contributed by atoms with E-state index >= 15 is 0 Å². The molecule has 1 aromatic carbocycles. The van der Waals surface area contributed by atoms with Gasteiger partial charge in [0.2, 0.25) is 0 Å². The predicted molar refractivity (Wildman–Crippen MR) is 104 cm³/mol. The second kappa shape index (κ2) is 8.77. The average molecular weight is 390 g/mol. The average Bonchev–Trinajstić information content (AvgIpc) is 3.10. The summed E-state index contributed by atoms with van der Waals surface area (Å²) in [5.74, 6) is -0.264. The molecule has 0 N–H and O–H groups in total. The van der Waals surface area contributed by atoms with Crippen LogP contribution in [0.4, 0.5) is 4.39 Å². The summed E-state index contributed by atoms with van der Waals surface area (Å²) in [6.07, 6.45) is 1.86. The molecule has 1 aliphatic rings. The van der Waals surface area contributed by atoms with Crippen LogP contribution in [0.1, 0.15) is 45.2 Å². The van der Waals surface area contributed by atoms with Gasteiger partial charge in [0.1, 0.15) is 5.82 Å². The lowest BCUT2D eigenvalue weighted by molar-refractivity contribution is -0.134. The van der Waals surface area contributed by atoms with E-state index in [9.17, 15) is 14.1 Å². The minimum atomic E-state index is -0.849. The van der Waals surface area contributed by atoms with Crippen molar-refractivity contribution < 1.29 is 13.7 Å². The van der Waals surface area contributed by atoms with Crippen molar-refractivity contribution in [3.05, 3.63) is 34.6 Å². The third-order valence-corrected chi connectivity index (χ3v) is 5.52. The lowest BCUT2D eigenvalue weighted by Crippen LogP contribution is -2.46. The third kappa shape index (κ3) is 4.38. The zero-order valence-electron chi connectivity index (χ0n) is 16.6. The molecule has 1 aliphatic heterocycles. The number of aromatic nitrogens is 1. The number of nitroso groups, excluding NO2 is 1. The highest BCUT2D eigenvalue weighted by atomic mass is 19.1. The van der Waals surface area contributed by atoms with E-state index in [1.165, 1.54) is 19.1 Å². The van der Waals surface area contributed by atoms with Crippen LogP contribution in [0.2, 0.25) is 0 Å². The largest absolute Gasteiger partial charge is 0.356 e. The van der Waals surface area contributed by atoms with Crippen LogP contribution in [0.5, 0.6) is 0 Å². The summed E-state index contributed by atoms with van der Waals surface area (Å²) in [5, 5.41) is 7.92. The van der Waals surface area contributed by atoms with Gasteiger partial charge in [0.05, 0.1) is 5.69 Å². The number of rotatable bonds is 7. The van der Waals surface area contributed by atoms with Crippen LogP contribution in [0.15, 0.2) is 27.9 Å². The van der Waals surface area contributed by atoms with Crippen molar-refractivity contribution in [1.29, 1.82) is 0 Å². The Bertz CT molecular complexity index is 830. The number of likely N-dealkylation sites (tertiary alicyclic amines) is 1. The Morgan fingerprint density at radius 2 is 2.07 bits per heavy atom. The maximum atomic E-state index is 13.3. The molecule has 2 aromatic rings. The number of benzene rings is 1. The quantitative estimate of drug-likeness (QED) is 0.676. The molecule has 2 heterocycles. The second-order valence-corrected chi connectivity index (χ2v) is 7.73. The number of piperidine rings is 1. The molecule has 8 heteroatoms. The van der Waals surface area contributed by atoms with E-state index < -0.39 is 6.04 Å². The van der Waals surface area contributed by atoms with Gasteiger partial charge in [-0.15, -0.1) is 4.91 Å². The van der Waals surface area contributed by atoms with Gasteiger partial charge in [0.25, 0.3) is 5.91 Å². The van der Waals surface area contributed by atoms with Crippen molar-refractivity contribution in [2.24, 2.45) is 5.18 Å². The molecule has 0 saturated carbocycles. The van der Waals surface area contributed by atoms with Gasteiger partial charge in [-0.3, -0.25) is 4.79 Å². The smallest absolute Gasteiger partial charge is 0.251 e.